The van der Waals surface area contributed by atoms with E-state index in [-0.39, 0.29) is 30.1 Å². The maximum absolute atomic E-state index is 9.35. The number of nitrogens with zero attached hydrogens (tertiary/aromatic N) is 4. The van der Waals surface area contributed by atoms with Crippen molar-refractivity contribution < 1.29 is 5.48 Å². The van der Waals surface area contributed by atoms with Gasteiger partial charge in [-0.25, -0.2) is 4.98 Å². The third-order valence-corrected chi connectivity index (χ3v) is 11.6. The Balaban J connectivity index is 1.19. The van der Waals surface area contributed by atoms with Crippen LogP contribution in [0, 0.1) is 0 Å². The molecule has 0 fully saturated rings. The highest BCUT2D eigenvalue weighted by Crippen LogP contribution is 2.40. The van der Waals surface area contributed by atoms with Crippen LogP contribution in [0.25, 0.3) is 104 Å². The summed E-state index contributed by atoms with van der Waals surface area (Å²) in [6, 6.07) is 56.5. The van der Waals surface area contributed by atoms with Crippen molar-refractivity contribution in [3.05, 3.63) is 194 Å². The average Bonchev–Trinajstić information content (AvgIpc) is 3.87. The molecule has 4 nitrogen and oxygen atoms in total. The van der Waals surface area contributed by atoms with E-state index in [2.05, 4.69) is 97.1 Å². The summed E-state index contributed by atoms with van der Waals surface area (Å²) in [6.07, 6.45) is 0. The van der Waals surface area contributed by atoms with Crippen LogP contribution >= 0.6 is 11.3 Å². The zero-order chi connectivity index (χ0) is 40.5. The van der Waals surface area contributed by atoms with Gasteiger partial charge in [-0.1, -0.05) is 176 Å². The number of hydrogen-bond acceptors (Lipinski definition) is 4. The Morgan fingerprint density at radius 1 is 0.411 bits per heavy atom. The Bertz CT molecular complexity index is 3460. The monoisotopic (exact) mass is 736 g/mol. The molecule has 0 radical (unpaired) electrons. The molecule has 11 rings (SSSR count). The van der Waals surface area contributed by atoms with Gasteiger partial charge in [-0.2, -0.15) is 9.97 Å². The Morgan fingerprint density at radius 3 is 1.70 bits per heavy atom. The van der Waals surface area contributed by atoms with Crippen LogP contribution in [0.15, 0.2) is 194 Å². The van der Waals surface area contributed by atoms with Gasteiger partial charge < -0.3 is 0 Å². The molecule has 0 bridgehead atoms. The van der Waals surface area contributed by atoms with Crippen molar-refractivity contribution in [1.82, 2.24) is 19.5 Å². The van der Waals surface area contributed by atoms with Crippen LogP contribution in [0.2, 0.25) is 0 Å². The predicted molar refractivity (Wildman–Crippen MR) is 234 cm³/mol. The minimum Gasteiger partial charge on any atom is -0.277 e. The Hall–Kier alpha value is -7.21. The Labute approximate surface area is 333 Å². The number of hydrogen-bond donors (Lipinski definition) is 0. The first kappa shape index (κ1) is 28.3. The summed E-state index contributed by atoms with van der Waals surface area (Å²) in [5, 5.41) is 3.43. The number of fused-ring (bicyclic) bond motifs is 6. The van der Waals surface area contributed by atoms with Crippen molar-refractivity contribution in [2.24, 2.45) is 0 Å². The number of para-hydroxylation sites is 2. The minimum absolute atomic E-state index is 0.118. The highest BCUT2D eigenvalue weighted by atomic mass is 32.1. The number of benzene rings is 8. The zero-order valence-electron chi connectivity index (χ0n) is 33.9. The second kappa shape index (κ2) is 13.3. The van der Waals surface area contributed by atoms with Crippen LogP contribution in [-0.2, 0) is 0 Å². The minimum atomic E-state index is -0.327. The molecule has 0 saturated heterocycles. The first-order chi connectivity index (χ1) is 29.4. The van der Waals surface area contributed by atoms with E-state index in [1.165, 1.54) is 10.1 Å². The van der Waals surface area contributed by atoms with Gasteiger partial charge in [0.25, 0.3) is 0 Å². The molecule has 0 saturated carbocycles. The fourth-order valence-corrected chi connectivity index (χ4v) is 8.85. The van der Waals surface area contributed by atoms with Gasteiger partial charge >= 0.3 is 0 Å². The van der Waals surface area contributed by atoms with Crippen LogP contribution in [0.4, 0.5) is 0 Å². The van der Waals surface area contributed by atoms with Crippen LogP contribution in [0.1, 0.15) is 5.48 Å². The molecule has 3 aromatic heterocycles. The molecule has 11 aromatic rings. The van der Waals surface area contributed by atoms with Crippen molar-refractivity contribution in [3.8, 4) is 62.1 Å². The van der Waals surface area contributed by atoms with Crippen LogP contribution < -0.4 is 0 Å². The lowest BCUT2D eigenvalue weighted by Crippen LogP contribution is -2.07. The second-order valence-corrected chi connectivity index (χ2v) is 14.8. The first-order valence-corrected chi connectivity index (χ1v) is 19.3. The molecule has 0 amide bonds. The van der Waals surface area contributed by atoms with Crippen LogP contribution in [0.3, 0.4) is 0 Å². The van der Waals surface area contributed by atoms with Gasteiger partial charge in [0.1, 0.15) is 0 Å². The van der Waals surface area contributed by atoms with Gasteiger partial charge in [0, 0.05) is 47.6 Å². The van der Waals surface area contributed by atoms with Crippen molar-refractivity contribution in [2.45, 2.75) is 0 Å². The summed E-state index contributed by atoms with van der Waals surface area (Å²) >= 11 is 1.72. The third-order valence-electron chi connectivity index (χ3n) is 10.4. The van der Waals surface area contributed by atoms with Gasteiger partial charge in [-0.3, -0.25) is 4.57 Å². The molecule has 262 valence electrons. The van der Waals surface area contributed by atoms with Gasteiger partial charge in [-0.05, 0) is 46.0 Å². The van der Waals surface area contributed by atoms with E-state index in [1.54, 1.807) is 11.3 Å². The van der Waals surface area contributed by atoms with Crippen molar-refractivity contribution >= 4 is 53.3 Å². The van der Waals surface area contributed by atoms with Gasteiger partial charge in [0.15, 0.2) is 11.6 Å². The molecule has 0 unspecified atom stereocenters. The average molecular weight is 737 g/mol. The standard InChI is InChI=1S/C51H32N4S/c1-3-12-33(13-4-1)35-22-26-37(27-23-35)40-18-11-19-44-41-16-7-9-20-45(41)55(48(40)44)51-53-49(38-28-24-36(25-29-38)34-14-5-2-6-15-34)52-50(54-51)39-30-31-43-42-17-8-10-21-46(42)56-47(43)32-39/h1-32H/i7D,9D,16D,20D. The normalized spacial score (nSPS) is 12.6. The van der Waals surface area contributed by atoms with Gasteiger partial charge in [0.05, 0.1) is 16.5 Å². The van der Waals surface area contributed by atoms with E-state index >= 15 is 0 Å². The van der Waals surface area contributed by atoms with Crippen LogP contribution in [-0.4, -0.2) is 19.5 Å². The number of rotatable bonds is 6. The molecule has 0 atom stereocenters. The second-order valence-electron chi connectivity index (χ2n) is 13.7. The topological polar surface area (TPSA) is 43.6 Å². The van der Waals surface area contributed by atoms with Crippen molar-refractivity contribution in [1.29, 1.82) is 0 Å². The molecular weight excluding hydrogens is 701 g/mol. The van der Waals surface area contributed by atoms with E-state index in [9.17, 15) is 2.74 Å². The van der Waals surface area contributed by atoms with Crippen LogP contribution in [0.5, 0.6) is 0 Å². The molecular formula is C51H32N4S. The van der Waals surface area contributed by atoms with E-state index in [4.69, 9.17) is 17.7 Å². The fraction of sp³-hybridized carbons (Fsp3) is 0. The molecule has 5 heteroatoms. The number of aromatic nitrogens is 4. The van der Waals surface area contributed by atoms with Gasteiger partial charge in [0.2, 0.25) is 5.95 Å². The summed E-state index contributed by atoms with van der Waals surface area (Å²) in [6.45, 7) is 0. The lowest BCUT2D eigenvalue weighted by atomic mass is 9.98. The molecule has 0 aliphatic carbocycles. The quantitative estimate of drug-likeness (QED) is 0.171. The predicted octanol–water partition coefficient (Wildman–Crippen LogP) is 13.7. The summed E-state index contributed by atoms with van der Waals surface area (Å²) in [5.41, 5.74) is 8.65. The SMILES string of the molecule is [2H]c1c([2H])c([2H])c2c(c1[2H])c1cccc(-c3ccc(-c4ccccc4)cc3)c1n2-c1nc(-c2ccc(-c3ccccc3)cc2)nc(-c2ccc3c(c2)sc2ccccc23)n1. The molecule has 0 aliphatic rings. The van der Waals surface area contributed by atoms with E-state index in [1.807, 2.05) is 77.4 Å². The summed E-state index contributed by atoms with van der Waals surface area (Å²) in [5.74, 6) is 1.13. The zero-order valence-corrected chi connectivity index (χ0v) is 30.7. The highest BCUT2D eigenvalue weighted by molar-refractivity contribution is 7.25. The van der Waals surface area contributed by atoms with Crippen molar-refractivity contribution in [2.75, 3.05) is 0 Å². The molecule has 8 aromatic carbocycles. The lowest BCUT2D eigenvalue weighted by molar-refractivity contribution is 0.954. The lowest BCUT2D eigenvalue weighted by Gasteiger charge is -2.13. The molecule has 0 spiro atoms. The fourth-order valence-electron chi connectivity index (χ4n) is 7.70. The highest BCUT2D eigenvalue weighted by Gasteiger charge is 2.21. The molecule has 3 heterocycles. The van der Waals surface area contributed by atoms with E-state index in [0.717, 1.165) is 54.6 Å². The van der Waals surface area contributed by atoms with Gasteiger partial charge in [-0.15, -0.1) is 11.3 Å². The molecule has 0 N–H and O–H groups in total. The third kappa shape index (κ3) is 5.48. The summed E-state index contributed by atoms with van der Waals surface area (Å²) < 4.78 is 40.2. The summed E-state index contributed by atoms with van der Waals surface area (Å²) in [7, 11) is 0. The Morgan fingerprint density at radius 2 is 0.964 bits per heavy atom. The van der Waals surface area contributed by atoms with E-state index < -0.39 is 0 Å². The molecule has 0 aliphatic heterocycles. The first-order valence-electron chi connectivity index (χ1n) is 20.4. The maximum atomic E-state index is 9.35. The van der Waals surface area contributed by atoms with E-state index in [0.29, 0.717) is 33.5 Å². The smallest absolute Gasteiger partial charge is 0.238 e. The molecule has 56 heavy (non-hydrogen) atoms. The number of thiophene rings is 1. The maximum Gasteiger partial charge on any atom is 0.238 e. The summed E-state index contributed by atoms with van der Waals surface area (Å²) in [4.78, 5) is 15.5. The largest absolute Gasteiger partial charge is 0.277 e. The Kier molecular flexibility index (Phi) is 6.70. The van der Waals surface area contributed by atoms with Crippen molar-refractivity contribution in [3.63, 3.8) is 0 Å².